The maximum absolute atomic E-state index is 10.3. The third kappa shape index (κ3) is 3.23. The van der Waals surface area contributed by atoms with Crippen molar-refractivity contribution < 1.29 is 5.11 Å². The van der Waals surface area contributed by atoms with Crippen LogP contribution in [0.15, 0.2) is 4.34 Å². The maximum atomic E-state index is 10.3. The number of nitrogens with zero attached hydrogens (tertiary/aromatic N) is 2. The molecule has 2 atom stereocenters. The Morgan fingerprint density at radius 1 is 1.61 bits per heavy atom. The van der Waals surface area contributed by atoms with Gasteiger partial charge in [0.05, 0.1) is 5.60 Å². The van der Waals surface area contributed by atoms with Gasteiger partial charge in [-0.3, -0.25) is 0 Å². The minimum Gasteiger partial charge on any atom is -0.388 e. The maximum Gasteiger partial charge on any atom is 0.170 e. The highest BCUT2D eigenvalue weighted by atomic mass is 32.2. The second-order valence-corrected chi connectivity index (χ2v) is 6.96. The fraction of sp³-hybridized carbons (Fsp3) is 0.833. The topological polar surface area (TPSA) is 72.0 Å². The summed E-state index contributed by atoms with van der Waals surface area (Å²) in [5, 5.41) is 10.3. The van der Waals surface area contributed by atoms with Gasteiger partial charge in [-0.2, -0.15) is 4.37 Å². The van der Waals surface area contributed by atoms with Crippen LogP contribution < -0.4 is 5.73 Å². The van der Waals surface area contributed by atoms with Gasteiger partial charge in [-0.25, -0.2) is 4.98 Å². The molecular weight excluding hydrogens is 266 g/mol. The number of hydrogen-bond donors (Lipinski definition) is 2. The van der Waals surface area contributed by atoms with Crippen molar-refractivity contribution in [3.8, 4) is 0 Å². The van der Waals surface area contributed by atoms with Crippen molar-refractivity contribution in [2.75, 3.05) is 12.3 Å². The Hall–Kier alpha value is -0.170. The molecule has 6 heteroatoms. The smallest absolute Gasteiger partial charge is 0.170 e. The molecule has 0 aromatic carbocycles. The first-order chi connectivity index (χ1) is 8.68. The van der Waals surface area contributed by atoms with Crippen LogP contribution in [0.1, 0.15) is 38.4 Å². The fourth-order valence-corrected chi connectivity index (χ4v) is 4.36. The first-order valence-electron chi connectivity index (χ1n) is 6.56. The lowest BCUT2D eigenvalue weighted by Crippen LogP contribution is -2.41. The van der Waals surface area contributed by atoms with Crippen molar-refractivity contribution in [1.82, 2.24) is 9.36 Å². The highest BCUT2D eigenvalue weighted by Crippen LogP contribution is 2.38. The summed E-state index contributed by atoms with van der Waals surface area (Å²) in [5.74, 6) is 2.28. The van der Waals surface area contributed by atoms with Crippen LogP contribution in [0.4, 0.5) is 0 Å². The Kier molecular flexibility index (Phi) is 5.00. The zero-order valence-electron chi connectivity index (χ0n) is 10.8. The monoisotopic (exact) mass is 287 g/mol. The molecule has 2 rings (SSSR count). The molecule has 0 bridgehead atoms. The lowest BCUT2D eigenvalue weighted by atomic mass is 9.89. The zero-order valence-corrected chi connectivity index (χ0v) is 12.4. The third-order valence-electron chi connectivity index (χ3n) is 3.73. The van der Waals surface area contributed by atoms with Gasteiger partial charge < -0.3 is 10.8 Å². The largest absolute Gasteiger partial charge is 0.388 e. The van der Waals surface area contributed by atoms with Crippen LogP contribution in [0.25, 0.3) is 0 Å². The summed E-state index contributed by atoms with van der Waals surface area (Å²) in [7, 11) is 0. The minimum absolute atomic E-state index is 0.355. The molecule has 1 aliphatic rings. The van der Waals surface area contributed by atoms with Gasteiger partial charge in [0.1, 0.15) is 5.82 Å². The second kappa shape index (κ2) is 6.32. The molecule has 18 heavy (non-hydrogen) atoms. The molecule has 1 heterocycles. The molecule has 1 aliphatic carbocycles. The fourth-order valence-electron chi connectivity index (χ4n) is 2.54. The van der Waals surface area contributed by atoms with E-state index in [1.807, 2.05) is 0 Å². The molecule has 3 N–H and O–H groups in total. The molecule has 2 unspecified atom stereocenters. The van der Waals surface area contributed by atoms with Crippen molar-refractivity contribution >= 4 is 23.3 Å². The van der Waals surface area contributed by atoms with Gasteiger partial charge in [0.2, 0.25) is 0 Å². The number of aliphatic hydroxyl groups is 1. The lowest BCUT2D eigenvalue weighted by Gasteiger charge is -2.28. The molecule has 1 saturated carbocycles. The van der Waals surface area contributed by atoms with E-state index in [4.69, 9.17) is 5.73 Å². The average Bonchev–Trinajstić information content (AvgIpc) is 2.98. The summed E-state index contributed by atoms with van der Waals surface area (Å²) in [4.78, 5) is 4.43. The van der Waals surface area contributed by atoms with E-state index < -0.39 is 5.60 Å². The predicted molar refractivity (Wildman–Crippen MR) is 76.0 cm³/mol. The van der Waals surface area contributed by atoms with Crippen LogP contribution in [0, 0.1) is 5.92 Å². The third-order valence-corrected chi connectivity index (χ3v) is 5.64. The molecule has 0 amide bonds. The Bertz CT molecular complexity index is 385. The highest BCUT2D eigenvalue weighted by Gasteiger charge is 2.39. The SMILES string of the molecule is CCc1nsc(SCCC2CCCC2(O)CN)n1. The van der Waals surface area contributed by atoms with Crippen LogP contribution in [-0.4, -0.2) is 32.4 Å². The summed E-state index contributed by atoms with van der Waals surface area (Å²) in [6, 6.07) is 0. The molecular formula is C12H21N3OS2. The quantitative estimate of drug-likeness (QED) is 0.784. The zero-order chi connectivity index (χ0) is 13.0. The summed E-state index contributed by atoms with van der Waals surface area (Å²) in [6.07, 6.45) is 4.97. The average molecular weight is 287 g/mol. The number of rotatable bonds is 6. The molecule has 4 nitrogen and oxygen atoms in total. The number of thioether (sulfide) groups is 1. The van der Waals surface area contributed by atoms with Crippen molar-refractivity contribution in [1.29, 1.82) is 0 Å². The first kappa shape index (κ1) is 14.2. The lowest BCUT2D eigenvalue weighted by molar-refractivity contribution is 0.0104. The van der Waals surface area contributed by atoms with E-state index in [0.29, 0.717) is 12.5 Å². The van der Waals surface area contributed by atoms with Crippen molar-refractivity contribution in [2.24, 2.45) is 11.7 Å². The van der Waals surface area contributed by atoms with Crippen molar-refractivity contribution in [2.45, 2.75) is 49.0 Å². The van der Waals surface area contributed by atoms with Gasteiger partial charge in [-0.05, 0) is 36.7 Å². The normalized spacial score (nSPS) is 27.8. The molecule has 0 spiro atoms. The Labute approximate surface area is 117 Å². The van der Waals surface area contributed by atoms with Gasteiger partial charge in [-0.1, -0.05) is 25.1 Å². The second-order valence-electron chi connectivity index (χ2n) is 4.86. The van der Waals surface area contributed by atoms with Crippen LogP contribution in [0.5, 0.6) is 0 Å². The standard InChI is InChI=1S/C12H21N3OS2/c1-2-10-14-11(18-15-10)17-7-5-9-4-3-6-12(9,16)8-13/h9,16H,2-8,13H2,1H3. The summed E-state index contributed by atoms with van der Waals surface area (Å²) >= 11 is 3.22. The Balaban J connectivity index is 1.78. The molecule has 0 radical (unpaired) electrons. The predicted octanol–water partition coefficient (Wildman–Crippen LogP) is 2.07. The van der Waals surface area contributed by atoms with Crippen LogP contribution in [-0.2, 0) is 6.42 Å². The minimum atomic E-state index is -0.615. The van der Waals surface area contributed by atoms with E-state index in [1.54, 1.807) is 11.8 Å². The van der Waals surface area contributed by atoms with E-state index in [9.17, 15) is 5.11 Å². The Morgan fingerprint density at radius 3 is 3.11 bits per heavy atom. The molecule has 1 aromatic rings. The van der Waals surface area contributed by atoms with Crippen LogP contribution in [0.2, 0.25) is 0 Å². The summed E-state index contributed by atoms with van der Waals surface area (Å²) in [5.41, 5.74) is 5.07. The first-order valence-corrected chi connectivity index (χ1v) is 8.31. The number of aromatic nitrogens is 2. The van der Waals surface area contributed by atoms with Crippen molar-refractivity contribution in [3.63, 3.8) is 0 Å². The molecule has 0 aliphatic heterocycles. The van der Waals surface area contributed by atoms with E-state index in [-0.39, 0.29) is 0 Å². The van der Waals surface area contributed by atoms with Gasteiger partial charge in [0, 0.05) is 18.7 Å². The van der Waals surface area contributed by atoms with Gasteiger partial charge in [0.15, 0.2) is 4.34 Å². The molecule has 1 fully saturated rings. The number of nitrogens with two attached hydrogens (primary N) is 1. The molecule has 0 saturated heterocycles. The summed E-state index contributed by atoms with van der Waals surface area (Å²) in [6.45, 7) is 2.46. The van der Waals surface area contributed by atoms with E-state index in [2.05, 4.69) is 16.3 Å². The van der Waals surface area contributed by atoms with E-state index >= 15 is 0 Å². The molecule has 1 aromatic heterocycles. The summed E-state index contributed by atoms with van der Waals surface area (Å²) < 4.78 is 5.31. The molecule has 102 valence electrons. The van der Waals surface area contributed by atoms with Gasteiger partial charge in [0.25, 0.3) is 0 Å². The highest BCUT2D eigenvalue weighted by molar-refractivity contribution is 8.00. The van der Waals surface area contributed by atoms with E-state index in [1.165, 1.54) is 11.5 Å². The van der Waals surface area contributed by atoms with Crippen LogP contribution in [0.3, 0.4) is 0 Å². The van der Waals surface area contributed by atoms with Crippen LogP contribution >= 0.6 is 23.3 Å². The van der Waals surface area contributed by atoms with Crippen molar-refractivity contribution in [3.05, 3.63) is 5.82 Å². The van der Waals surface area contributed by atoms with Gasteiger partial charge in [-0.15, -0.1) is 0 Å². The number of hydrogen-bond acceptors (Lipinski definition) is 6. The Morgan fingerprint density at radius 2 is 2.44 bits per heavy atom. The number of aryl methyl sites for hydroxylation is 1. The van der Waals surface area contributed by atoms with Gasteiger partial charge >= 0.3 is 0 Å². The van der Waals surface area contributed by atoms with E-state index in [0.717, 1.165) is 48.0 Å².